The van der Waals surface area contributed by atoms with Gasteiger partial charge in [-0.3, -0.25) is 14.5 Å². The molecule has 4 rings (SSSR count). The summed E-state index contributed by atoms with van der Waals surface area (Å²) in [7, 11) is 0. The molecule has 3 fully saturated rings. The molecule has 146 valence electrons. The number of rotatable bonds is 4. The predicted molar refractivity (Wildman–Crippen MR) is 106 cm³/mol. The lowest BCUT2D eigenvalue weighted by atomic mass is 9.54. The summed E-state index contributed by atoms with van der Waals surface area (Å²) in [6, 6.07) is 9.84. The van der Waals surface area contributed by atoms with E-state index in [9.17, 15) is 9.59 Å². The number of hydrogen-bond acceptors (Lipinski definition) is 4. The molecule has 1 aromatic rings. The van der Waals surface area contributed by atoms with Gasteiger partial charge in [-0.1, -0.05) is 43.0 Å². The highest BCUT2D eigenvalue weighted by Crippen LogP contribution is 2.57. The molecule has 2 amide bonds. The zero-order chi connectivity index (χ0) is 19.8. The average Bonchev–Trinajstić information content (AvgIpc) is 2.63. The highest BCUT2D eigenvalue weighted by molar-refractivity contribution is 6.09. The molecular weight excluding hydrogens is 354 g/mol. The maximum absolute atomic E-state index is 13.5. The van der Waals surface area contributed by atoms with Gasteiger partial charge in [0.25, 0.3) is 5.91 Å². The fourth-order valence-corrected chi connectivity index (χ4v) is 4.57. The summed E-state index contributed by atoms with van der Waals surface area (Å²) in [5.41, 5.74) is 0.275. The summed E-state index contributed by atoms with van der Waals surface area (Å²) in [5.74, 6) is 0.454. The zero-order valence-electron chi connectivity index (χ0n) is 16.1. The summed E-state index contributed by atoms with van der Waals surface area (Å²) in [6.07, 6.45) is 6.22. The number of carbonyl (C=O) groups is 2. The van der Waals surface area contributed by atoms with Crippen LogP contribution in [0.3, 0.4) is 0 Å². The summed E-state index contributed by atoms with van der Waals surface area (Å²) in [5, 5.41) is 0. The molecule has 6 heteroatoms. The van der Waals surface area contributed by atoms with Crippen LogP contribution in [0.5, 0.6) is 0 Å². The Kier molecular flexibility index (Phi) is 4.67. The molecule has 1 aliphatic carbocycles. The van der Waals surface area contributed by atoms with Gasteiger partial charge in [0.15, 0.2) is 0 Å². The minimum atomic E-state index is -0.798. The molecule has 2 heterocycles. The van der Waals surface area contributed by atoms with E-state index in [0.717, 1.165) is 5.56 Å². The van der Waals surface area contributed by atoms with Crippen molar-refractivity contribution in [2.24, 2.45) is 10.4 Å². The van der Waals surface area contributed by atoms with Crippen molar-refractivity contribution in [3.05, 3.63) is 60.8 Å². The fraction of sp³-hybridized carbons (Fsp3) is 0.409. The number of benzene rings is 1. The van der Waals surface area contributed by atoms with Gasteiger partial charge in [0, 0.05) is 18.2 Å². The molecule has 0 aromatic heterocycles. The van der Waals surface area contributed by atoms with E-state index in [0.29, 0.717) is 38.4 Å². The number of piperazine rings is 1. The van der Waals surface area contributed by atoms with Crippen molar-refractivity contribution < 1.29 is 14.3 Å². The Morgan fingerprint density at radius 1 is 1.25 bits per heavy atom. The third-order valence-corrected chi connectivity index (χ3v) is 5.96. The van der Waals surface area contributed by atoms with Gasteiger partial charge >= 0.3 is 0 Å². The molecule has 2 saturated heterocycles. The van der Waals surface area contributed by atoms with Gasteiger partial charge < -0.3 is 9.64 Å². The number of aliphatic imine (C=N–C) groups is 1. The number of carbonyl (C=O) groups excluding carboxylic acids is 2. The monoisotopic (exact) mass is 379 g/mol. The Labute approximate surface area is 165 Å². The zero-order valence-corrected chi connectivity index (χ0v) is 16.1. The highest BCUT2D eigenvalue weighted by atomic mass is 16.5. The third kappa shape index (κ3) is 2.98. The summed E-state index contributed by atoms with van der Waals surface area (Å²) < 4.78 is 5.40. The summed E-state index contributed by atoms with van der Waals surface area (Å²) in [6.45, 7) is 7.19. The molecule has 0 radical (unpaired) electrons. The Morgan fingerprint density at radius 3 is 2.57 bits per heavy atom. The number of amidine groups is 1. The van der Waals surface area contributed by atoms with Gasteiger partial charge in [0.05, 0.1) is 13.2 Å². The van der Waals surface area contributed by atoms with E-state index >= 15 is 0 Å². The van der Waals surface area contributed by atoms with Crippen molar-refractivity contribution in [1.82, 2.24) is 9.80 Å². The molecule has 2 aliphatic heterocycles. The maximum atomic E-state index is 13.5. The second-order valence-corrected chi connectivity index (χ2v) is 7.99. The van der Waals surface area contributed by atoms with Gasteiger partial charge in [0.1, 0.15) is 17.9 Å². The fourth-order valence-electron chi connectivity index (χ4n) is 4.57. The van der Waals surface area contributed by atoms with Gasteiger partial charge in [0.2, 0.25) is 5.91 Å². The Hall–Kier alpha value is -2.73. The number of ether oxygens (including phenoxy) is 1. The van der Waals surface area contributed by atoms with E-state index < -0.39 is 5.54 Å². The topological polar surface area (TPSA) is 62.2 Å². The standard InChI is InChI=1S/C22H25N3O3/c1-3-4-10-23-17(2)24-12-19(26)25(11-18-8-6-5-7-9-18)22(20(24)27)13-21(14-22)15-28-16-21/h3-10H,1,11-16H2,2H3/b10-4-,23-17?. The predicted octanol–water partition coefficient (Wildman–Crippen LogP) is 2.52. The molecule has 28 heavy (non-hydrogen) atoms. The highest BCUT2D eigenvalue weighted by Gasteiger charge is 2.68. The first-order valence-corrected chi connectivity index (χ1v) is 9.56. The van der Waals surface area contributed by atoms with E-state index in [1.165, 1.54) is 4.90 Å². The van der Waals surface area contributed by atoms with Crippen LogP contribution in [0.2, 0.25) is 0 Å². The van der Waals surface area contributed by atoms with Gasteiger partial charge in [-0.15, -0.1) is 0 Å². The van der Waals surface area contributed by atoms with Crippen molar-refractivity contribution >= 4 is 17.6 Å². The first-order chi connectivity index (χ1) is 13.5. The minimum Gasteiger partial charge on any atom is -0.380 e. The van der Waals surface area contributed by atoms with Crippen molar-refractivity contribution in [2.75, 3.05) is 19.8 Å². The first kappa shape index (κ1) is 18.6. The second-order valence-electron chi connectivity index (χ2n) is 7.99. The van der Waals surface area contributed by atoms with Crippen LogP contribution in [0.4, 0.5) is 0 Å². The number of amides is 2. The third-order valence-electron chi connectivity index (χ3n) is 5.96. The van der Waals surface area contributed by atoms with Crippen molar-refractivity contribution in [1.29, 1.82) is 0 Å². The normalized spacial score (nSPS) is 23.2. The van der Waals surface area contributed by atoms with E-state index in [1.54, 1.807) is 30.2 Å². The lowest BCUT2D eigenvalue weighted by molar-refractivity contribution is -0.227. The van der Waals surface area contributed by atoms with Gasteiger partial charge in [-0.25, -0.2) is 4.99 Å². The molecule has 6 nitrogen and oxygen atoms in total. The van der Waals surface area contributed by atoms with Crippen LogP contribution in [0, 0.1) is 5.41 Å². The lowest BCUT2D eigenvalue weighted by Crippen LogP contribution is -2.77. The Bertz CT molecular complexity index is 847. The average molecular weight is 379 g/mol. The SMILES string of the molecule is C=C/C=C\N=C(C)N1CC(=O)N(Cc2ccccc2)C2(CC3(COC3)C2)C1=O. The smallest absolute Gasteiger partial charge is 0.254 e. The van der Waals surface area contributed by atoms with Crippen LogP contribution in [0.15, 0.2) is 60.3 Å². The number of allylic oxidation sites excluding steroid dienone is 2. The van der Waals surface area contributed by atoms with E-state index in [1.807, 2.05) is 30.3 Å². The summed E-state index contributed by atoms with van der Waals surface area (Å²) >= 11 is 0. The Balaban J connectivity index is 1.64. The number of hydrogen-bond donors (Lipinski definition) is 0. The first-order valence-electron chi connectivity index (χ1n) is 9.56. The number of nitrogens with zero attached hydrogens (tertiary/aromatic N) is 3. The van der Waals surface area contributed by atoms with Crippen LogP contribution >= 0.6 is 0 Å². The van der Waals surface area contributed by atoms with Crippen molar-refractivity contribution in [3.63, 3.8) is 0 Å². The molecular formula is C22H25N3O3. The van der Waals surface area contributed by atoms with Crippen LogP contribution in [0.1, 0.15) is 25.3 Å². The molecule has 1 aromatic carbocycles. The second kappa shape index (κ2) is 7.02. The minimum absolute atomic E-state index is 0.0220. The van der Waals surface area contributed by atoms with E-state index in [4.69, 9.17) is 4.74 Å². The van der Waals surface area contributed by atoms with Gasteiger partial charge in [-0.05, 0) is 31.4 Å². The van der Waals surface area contributed by atoms with Crippen LogP contribution in [-0.4, -0.2) is 52.7 Å². The Morgan fingerprint density at radius 2 is 1.96 bits per heavy atom. The lowest BCUT2D eigenvalue weighted by Gasteiger charge is -2.64. The quantitative estimate of drug-likeness (QED) is 0.459. The summed E-state index contributed by atoms with van der Waals surface area (Å²) in [4.78, 5) is 34.3. The van der Waals surface area contributed by atoms with E-state index in [2.05, 4.69) is 11.6 Å². The van der Waals surface area contributed by atoms with E-state index in [-0.39, 0.29) is 23.8 Å². The molecule has 2 spiro atoms. The van der Waals surface area contributed by atoms with Crippen molar-refractivity contribution in [3.8, 4) is 0 Å². The van der Waals surface area contributed by atoms with Crippen LogP contribution in [0.25, 0.3) is 0 Å². The molecule has 0 N–H and O–H groups in total. The largest absolute Gasteiger partial charge is 0.380 e. The molecule has 3 aliphatic rings. The molecule has 0 atom stereocenters. The van der Waals surface area contributed by atoms with Crippen molar-refractivity contribution in [2.45, 2.75) is 31.8 Å². The molecule has 0 bridgehead atoms. The van der Waals surface area contributed by atoms with Gasteiger partial charge in [-0.2, -0.15) is 0 Å². The molecule has 0 unspecified atom stereocenters. The van der Waals surface area contributed by atoms with Crippen LogP contribution < -0.4 is 0 Å². The maximum Gasteiger partial charge on any atom is 0.254 e. The molecule has 1 saturated carbocycles. The van der Waals surface area contributed by atoms with Crippen LogP contribution in [-0.2, 0) is 20.9 Å².